The van der Waals surface area contributed by atoms with E-state index in [1.54, 1.807) is 6.07 Å². The normalized spacial score (nSPS) is 17.3. The van der Waals surface area contributed by atoms with E-state index in [1.165, 1.54) is 11.3 Å². The molecule has 1 saturated heterocycles. The fourth-order valence-electron chi connectivity index (χ4n) is 4.99. The van der Waals surface area contributed by atoms with Gasteiger partial charge in [0, 0.05) is 41.7 Å². The minimum Gasteiger partial charge on any atom is -0.423 e. The lowest BCUT2D eigenvalue weighted by atomic mass is 10.1. The van der Waals surface area contributed by atoms with Crippen molar-refractivity contribution in [2.75, 3.05) is 42.6 Å². The van der Waals surface area contributed by atoms with Gasteiger partial charge in [-0.15, -0.1) is 11.3 Å². The van der Waals surface area contributed by atoms with Crippen molar-refractivity contribution in [3.05, 3.63) is 64.5 Å². The van der Waals surface area contributed by atoms with Gasteiger partial charge >= 0.3 is 0 Å². The maximum atomic E-state index is 13.8. The predicted octanol–water partition coefficient (Wildman–Crippen LogP) is 4.49. The first kappa shape index (κ1) is 22.5. The first-order valence-corrected chi connectivity index (χ1v) is 13.5. The number of nitrogens with zero attached hydrogens (tertiary/aromatic N) is 3. The smallest absolute Gasteiger partial charge is 0.298 e. The maximum Gasteiger partial charge on any atom is 0.298 e. The number of fused-ring (bicyclic) bond motifs is 4. The van der Waals surface area contributed by atoms with E-state index in [0.29, 0.717) is 49.4 Å². The highest BCUT2D eigenvalue weighted by Gasteiger charge is 2.29. The summed E-state index contributed by atoms with van der Waals surface area (Å²) in [6.45, 7) is 3.29. The van der Waals surface area contributed by atoms with E-state index in [1.807, 2.05) is 47.4 Å². The highest BCUT2D eigenvalue weighted by Crippen LogP contribution is 2.42. The molecule has 3 aliphatic rings. The molecule has 0 bridgehead atoms. The van der Waals surface area contributed by atoms with Gasteiger partial charge in [0.2, 0.25) is 0 Å². The largest absolute Gasteiger partial charge is 0.423 e. The predicted molar refractivity (Wildman–Crippen MR) is 143 cm³/mol. The zero-order chi connectivity index (χ0) is 24.9. The number of thiophene rings is 1. The number of carbonyl (C=O) groups is 2. The molecule has 188 valence electrons. The Hall–Kier alpha value is -3.69. The summed E-state index contributed by atoms with van der Waals surface area (Å²) in [5.74, 6) is -0.0803. The molecule has 0 unspecified atom stereocenters. The van der Waals surface area contributed by atoms with Crippen LogP contribution >= 0.6 is 11.3 Å². The number of hydrogen-bond acceptors (Lipinski definition) is 7. The fourth-order valence-corrected chi connectivity index (χ4v) is 6.14. The third-order valence-corrected chi connectivity index (χ3v) is 8.35. The maximum absolute atomic E-state index is 13.8. The number of ether oxygens (including phenoxy) is 1. The molecular weight excluding hydrogens is 488 g/mol. The van der Waals surface area contributed by atoms with Crippen molar-refractivity contribution in [3.63, 3.8) is 0 Å². The van der Waals surface area contributed by atoms with Gasteiger partial charge in [0.05, 0.1) is 23.8 Å². The van der Waals surface area contributed by atoms with Crippen LogP contribution in [0, 0.1) is 0 Å². The number of morpholine rings is 1. The van der Waals surface area contributed by atoms with Crippen molar-refractivity contribution in [3.8, 4) is 10.4 Å². The second kappa shape index (κ2) is 9.00. The summed E-state index contributed by atoms with van der Waals surface area (Å²) in [5, 5.41) is 3.09. The number of oxazole rings is 1. The van der Waals surface area contributed by atoms with Crippen LogP contribution in [-0.4, -0.2) is 55.7 Å². The van der Waals surface area contributed by atoms with Crippen LogP contribution in [-0.2, 0) is 11.2 Å². The Kier molecular flexibility index (Phi) is 5.48. The van der Waals surface area contributed by atoms with Crippen LogP contribution in [0.2, 0.25) is 0 Å². The van der Waals surface area contributed by atoms with Crippen molar-refractivity contribution < 1.29 is 18.7 Å². The third kappa shape index (κ3) is 4.18. The first-order valence-electron chi connectivity index (χ1n) is 12.7. The molecule has 0 radical (unpaired) electrons. The van der Waals surface area contributed by atoms with Crippen LogP contribution < -0.4 is 15.1 Å². The summed E-state index contributed by atoms with van der Waals surface area (Å²) in [7, 11) is 0. The number of rotatable bonds is 4. The summed E-state index contributed by atoms with van der Waals surface area (Å²) in [4.78, 5) is 36.8. The topological polar surface area (TPSA) is 87.9 Å². The van der Waals surface area contributed by atoms with E-state index in [9.17, 15) is 9.59 Å². The standard InChI is InChI=1S/C28H26N4O4S/c33-26(29-19-6-7-19)24-16-17-9-10-32(22-4-2-1-3-20(22)25(17)37-24)27(34)18-5-8-21-23(15-18)36-28(30-21)31-11-13-35-14-12-31/h1-5,8,15-16,19H,6-7,9-14H2,(H,29,33). The molecule has 2 aliphatic heterocycles. The molecule has 0 spiro atoms. The zero-order valence-electron chi connectivity index (χ0n) is 20.2. The molecule has 0 atom stereocenters. The van der Waals surface area contributed by atoms with E-state index in [4.69, 9.17) is 9.15 Å². The van der Waals surface area contributed by atoms with Gasteiger partial charge in [-0.25, -0.2) is 0 Å². The van der Waals surface area contributed by atoms with Gasteiger partial charge in [0.15, 0.2) is 5.58 Å². The Labute approximate surface area is 217 Å². The molecule has 2 aromatic heterocycles. The molecule has 4 aromatic rings. The summed E-state index contributed by atoms with van der Waals surface area (Å²) in [5.41, 5.74) is 4.83. The van der Waals surface area contributed by atoms with Crippen LogP contribution in [0.25, 0.3) is 21.5 Å². The lowest BCUT2D eigenvalue weighted by molar-refractivity contribution is 0.0953. The fraction of sp³-hybridized carbons (Fsp3) is 0.321. The molecule has 1 aliphatic carbocycles. The first-order chi connectivity index (χ1) is 18.1. The van der Waals surface area contributed by atoms with Crippen LogP contribution in [0.4, 0.5) is 11.7 Å². The molecule has 1 N–H and O–H groups in total. The van der Waals surface area contributed by atoms with Gasteiger partial charge in [-0.3, -0.25) is 9.59 Å². The van der Waals surface area contributed by atoms with Crippen molar-refractivity contribution in [1.29, 1.82) is 0 Å². The average molecular weight is 515 g/mol. The highest BCUT2D eigenvalue weighted by atomic mass is 32.1. The number of hydrogen-bond donors (Lipinski definition) is 1. The summed E-state index contributed by atoms with van der Waals surface area (Å²) in [6.07, 6.45) is 2.80. The van der Waals surface area contributed by atoms with E-state index < -0.39 is 0 Å². The van der Waals surface area contributed by atoms with Crippen LogP contribution in [0.1, 0.15) is 38.4 Å². The molecule has 7 rings (SSSR count). The molecule has 2 fully saturated rings. The minimum absolute atomic E-state index is 0.00259. The van der Waals surface area contributed by atoms with Gasteiger partial charge in [-0.1, -0.05) is 18.2 Å². The van der Waals surface area contributed by atoms with Gasteiger partial charge in [0.1, 0.15) is 5.52 Å². The summed E-state index contributed by atoms with van der Waals surface area (Å²) < 4.78 is 11.5. The van der Waals surface area contributed by atoms with Crippen molar-refractivity contribution in [2.24, 2.45) is 0 Å². The van der Waals surface area contributed by atoms with Crippen LogP contribution in [0.5, 0.6) is 0 Å². The average Bonchev–Trinajstić information content (AvgIpc) is 3.52. The lowest BCUT2D eigenvalue weighted by Crippen LogP contribution is -2.36. The number of amides is 2. The quantitative estimate of drug-likeness (QED) is 0.432. The Morgan fingerprint density at radius 3 is 2.70 bits per heavy atom. The zero-order valence-corrected chi connectivity index (χ0v) is 21.1. The molecule has 2 aromatic carbocycles. The number of para-hydroxylation sites is 1. The van der Waals surface area contributed by atoms with Crippen molar-refractivity contribution in [2.45, 2.75) is 25.3 Å². The van der Waals surface area contributed by atoms with Crippen molar-refractivity contribution in [1.82, 2.24) is 10.3 Å². The van der Waals surface area contributed by atoms with E-state index in [0.717, 1.165) is 58.0 Å². The molecular formula is C28H26N4O4S. The highest BCUT2D eigenvalue weighted by molar-refractivity contribution is 7.17. The van der Waals surface area contributed by atoms with E-state index >= 15 is 0 Å². The summed E-state index contributed by atoms with van der Waals surface area (Å²) >= 11 is 1.51. The van der Waals surface area contributed by atoms with Gasteiger partial charge in [-0.05, 0) is 55.2 Å². The Morgan fingerprint density at radius 2 is 1.86 bits per heavy atom. The third-order valence-electron chi connectivity index (χ3n) is 7.14. The molecule has 4 heterocycles. The molecule has 1 saturated carbocycles. The molecule has 2 amide bonds. The van der Waals surface area contributed by atoms with Crippen LogP contribution in [0.15, 0.2) is 52.9 Å². The number of nitrogens with one attached hydrogen (secondary N) is 1. The van der Waals surface area contributed by atoms with Gasteiger partial charge < -0.3 is 24.3 Å². The number of anilines is 2. The monoisotopic (exact) mass is 514 g/mol. The molecule has 9 heteroatoms. The second-order valence-electron chi connectivity index (χ2n) is 9.72. The molecule has 37 heavy (non-hydrogen) atoms. The van der Waals surface area contributed by atoms with Crippen LogP contribution in [0.3, 0.4) is 0 Å². The van der Waals surface area contributed by atoms with E-state index in [2.05, 4.69) is 15.2 Å². The Morgan fingerprint density at radius 1 is 1.03 bits per heavy atom. The second-order valence-corrected chi connectivity index (χ2v) is 10.8. The number of aromatic nitrogens is 1. The minimum atomic E-state index is -0.0828. The Balaban J connectivity index is 1.19. The van der Waals surface area contributed by atoms with Gasteiger partial charge in [0.25, 0.3) is 17.8 Å². The number of carbonyl (C=O) groups excluding carboxylic acids is 2. The van der Waals surface area contributed by atoms with E-state index in [-0.39, 0.29) is 11.8 Å². The number of benzene rings is 2. The summed E-state index contributed by atoms with van der Waals surface area (Å²) in [6, 6.07) is 16.3. The Bertz CT molecular complexity index is 1520. The molecule has 8 nitrogen and oxygen atoms in total. The lowest BCUT2D eigenvalue weighted by Gasteiger charge is -2.24. The SMILES string of the molecule is O=C(NC1CC1)c1cc2c(s1)-c1ccccc1N(C(=O)c1ccc3nc(N4CCOCC4)oc3c1)CC2. The van der Waals surface area contributed by atoms with Crippen molar-refractivity contribution >= 4 is 46.0 Å². The van der Waals surface area contributed by atoms with Gasteiger partial charge in [-0.2, -0.15) is 4.98 Å².